The van der Waals surface area contributed by atoms with Gasteiger partial charge >= 0.3 is 0 Å². The highest BCUT2D eigenvalue weighted by Crippen LogP contribution is 2.58. The monoisotopic (exact) mass is 178 g/mol. The highest BCUT2D eigenvalue weighted by atomic mass is 32.7. The molecule has 1 saturated heterocycles. The molecule has 0 aliphatic carbocycles. The summed E-state index contributed by atoms with van der Waals surface area (Å²) in [6.45, 7) is 1.80. The second-order valence-electron chi connectivity index (χ2n) is 2.64. The third-order valence-electron chi connectivity index (χ3n) is 1.53. The van der Waals surface area contributed by atoms with E-state index in [9.17, 15) is 4.57 Å². The average molecular weight is 178 g/mol. The minimum atomic E-state index is -1.94. The predicted molar refractivity (Wildman–Crippen MR) is 49.1 cm³/mol. The van der Waals surface area contributed by atoms with Crippen LogP contribution in [-0.4, -0.2) is 32.7 Å². The molecule has 0 radical (unpaired) electrons. The zero-order chi connectivity index (χ0) is 7.61. The maximum absolute atomic E-state index is 11.3. The van der Waals surface area contributed by atoms with Gasteiger partial charge in [-0.15, -0.1) is 0 Å². The van der Waals surface area contributed by atoms with Crippen LogP contribution in [0.2, 0.25) is 6.32 Å². The van der Waals surface area contributed by atoms with E-state index in [2.05, 4.69) is 7.85 Å². The van der Waals surface area contributed by atoms with Crippen molar-refractivity contribution in [1.82, 2.24) is 0 Å². The van der Waals surface area contributed by atoms with Crippen molar-refractivity contribution < 1.29 is 9.30 Å². The van der Waals surface area contributed by atoms with E-state index in [1.54, 1.807) is 18.0 Å². The topological polar surface area (TPSA) is 26.3 Å². The van der Waals surface area contributed by atoms with E-state index < -0.39 is 6.34 Å². The Hall–Kier alpha value is 0.605. The van der Waals surface area contributed by atoms with Gasteiger partial charge in [0.1, 0.15) is 14.2 Å². The molecule has 5 heteroatoms. The molecule has 2 atom stereocenters. The molecule has 0 spiro atoms. The van der Waals surface area contributed by atoms with Crippen LogP contribution in [0.15, 0.2) is 0 Å². The molecule has 10 heavy (non-hydrogen) atoms. The van der Waals surface area contributed by atoms with Crippen molar-refractivity contribution >= 4 is 25.6 Å². The predicted octanol–water partition coefficient (Wildman–Crippen LogP) is 1.04. The molecule has 1 aliphatic rings. The van der Waals surface area contributed by atoms with Crippen LogP contribution in [0.25, 0.3) is 0 Å². The zero-order valence-electron chi connectivity index (χ0n) is 6.37. The number of rotatable bonds is 1. The first-order valence-electron chi connectivity index (χ1n) is 3.47. The molecule has 2 unspecified atom stereocenters. The molecule has 0 saturated carbocycles. The standard InChI is InChI=1S/C5H12BO2PS/c1-9(7)4-8-5(2-6)3-10-9/h5H,2-4,6H2,1H3. The van der Waals surface area contributed by atoms with Crippen molar-refractivity contribution in [2.24, 2.45) is 0 Å². The third kappa shape index (κ3) is 2.33. The summed E-state index contributed by atoms with van der Waals surface area (Å²) < 4.78 is 16.7. The second-order valence-corrected chi connectivity index (χ2v) is 8.61. The molecule has 1 rings (SSSR count). The lowest BCUT2D eigenvalue weighted by Gasteiger charge is -2.25. The molecule has 58 valence electrons. The van der Waals surface area contributed by atoms with E-state index in [-0.39, 0.29) is 0 Å². The lowest BCUT2D eigenvalue weighted by atomic mass is 10.0. The fourth-order valence-electron chi connectivity index (χ4n) is 0.803. The summed E-state index contributed by atoms with van der Waals surface area (Å²) >= 11 is 1.58. The fourth-order valence-corrected chi connectivity index (χ4v) is 4.02. The van der Waals surface area contributed by atoms with Crippen LogP contribution in [0.3, 0.4) is 0 Å². The van der Waals surface area contributed by atoms with E-state index in [1.807, 2.05) is 0 Å². The zero-order valence-corrected chi connectivity index (χ0v) is 8.08. The van der Waals surface area contributed by atoms with Gasteiger partial charge in [0.15, 0.2) is 6.34 Å². The smallest absolute Gasteiger partial charge is 0.160 e. The molecule has 0 amide bonds. The van der Waals surface area contributed by atoms with Gasteiger partial charge in [-0.3, -0.25) is 0 Å². The molecule has 1 aliphatic heterocycles. The van der Waals surface area contributed by atoms with Gasteiger partial charge in [-0.25, -0.2) is 0 Å². The Morgan fingerprint density at radius 1 is 1.90 bits per heavy atom. The minimum absolute atomic E-state index is 0.340. The van der Waals surface area contributed by atoms with E-state index in [1.165, 1.54) is 0 Å². The summed E-state index contributed by atoms with van der Waals surface area (Å²) in [6.07, 6.45) is -0.0997. The van der Waals surface area contributed by atoms with Crippen molar-refractivity contribution in [3.05, 3.63) is 0 Å². The van der Waals surface area contributed by atoms with Crippen LogP contribution in [0.1, 0.15) is 0 Å². The Labute approximate surface area is 66.6 Å². The lowest BCUT2D eigenvalue weighted by Crippen LogP contribution is -2.19. The van der Waals surface area contributed by atoms with Crippen molar-refractivity contribution in [1.29, 1.82) is 0 Å². The van der Waals surface area contributed by atoms with Gasteiger partial charge in [0, 0.05) is 12.4 Å². The molecule has 0 aromatic rings. The summed E-state index contributed by atoms with van der Waals surface area (Å²) in [6, 6.07) is 0. The van der Waals surface area contributed by atoms with Crippen LogP contribution in [-0.2, 0) is 9.30 Å². The first-order chi connectivity index (χ1) is 4.64. The highest BCUT2D eigenvalue weighted by molar-refractivity contribution is 8.57. The molecule has 2 nitrogen and oxygen atoms in total. The van der Waals surface area contributed by atoms with Crippen molar-refractivity contribution in [2.45, 2.75) is 12.4 Å². The summed E-state index contributed by atoms with van der Waals surface area (Å²) in [5, 5.41) is 0. The van der Waals surface area contributed by atoms with E-state index >= 15 is 0 Å². The Balaban J connectivity index is 2.38. The fraction of sp³-hybridized carbons (Fsp3) is 1.00. The minimum Gasteiger partial charge on any atom is -0.370 e. The normalized spacial score (nSPS) is 41.5. The number of hydrogen-bond acceptors (Lipinski definition) is 3. The Morgan fingerprint density at radius 2 is 2.60 bits per heavy atom. The summed E-state index contributed by atoms with van der Waals surface area (Å²) in [5.74, 6) is 0.907. The Kier molecular flexibility index (Phi) is 2.90. The number of ether oxygens (including phenoxy) is 1. The molecule has 1 heterocycles. The molecule has 0 aromatic heterocycles. The molecular weight excluding hydrogens is 166 g/mol. The SMILES string of the molecule is BCC1CSP(C)(=O)CO1. The van der Waals surface area contributed by atoms with Gasteiger partial charge in [-0.1, -0.05) is 17.7 Å². The van der Waals surface area contributed by atoms with E-state index in [0.29, 0.717) is 12.5 Å². The van der Waals surface area contributed by atoms with Crippen LogP contribution >= 0.6 is 17.7 Å². The molecule has 0 aromatic carbocycles. The van der Waals surface area contributed by atoms with Crippen molar-refractivity contribution in [3.63, 3.8) is 0 Å². The quantitative estimate of drug-likeness (QED) is 0.443. The Morgan fingerprint density at radius 3 is 3.00 bits per heavy atom. The van der Waals surface area contributed by atoms with E-state index in [4.69, 9.17) is 4.74 Å². The third-order valence-corrected chi connectivity index (χ3v) is 5.62. The Bertz CT molecular complexity index is 152. The molecular formula is C5H12BO2PS. The molecule has 0 N–H and O–H groups in total. The average Bonchev–Trinajstić information content (AvgIpc) is 1.88. The van der Waals surface area contributed by atoms with Crippen LogP contribution < -0.4 is 0 Å². The number of hydrogen-bond donors (Lipinski definition) is 0. The largest absolute Gasteiger partial charge is 0.370 e. The summed E-state index contributed by atoms with van der Waals surface area (Å²) in [4.78, 5) is 0. The molecule has 1 fully saturated rings. The van der Waals surface area contributed by atoms with Crippen molar-refractivity contribution in [3.8, 4) is 0 Å². The maximum atomic E-state index is 11.3. The van der Waals surface area contributed by atoms with Crippen LogP contribution in [0.5, 0.6) is 0 Å². The van der Waals surface area contributed by atoms with Gasteiger partial charge in [0.05, 0.1) is 6.10 Å². The van der Waals surface area contributed by atoms with Gasteiger partial charge in [0.2, 0.25) is 0 Å². The highest BCUT2D eigenvalue weighted by Gasteiger charge is 2.25. The first kappa shape index (κ1) is 8.70. The molecule has 0 bridgehead atoms. The summed E-state index contributed by atoms with van der Waals surface area (Å²) in [7, 11) is 2.09. The summed E-state index contributed by atoms with van der Waals surface area (Å²) in [5.41, 5.74) is 0. The maximum Gasteiger partial charge on any atom is 0.160 e. The van der Waals surface area contributed by atoms with Crippen molar-refractivity contribution in [2.75, 3.05) is 18.8 Å². The van der Waals surface area contributed by atoms with Crippen LogP contribution in [0.4, 0.5) is 0 Å². The first-order valence-corrected chi connectivity index (χ1v) is 7.40. The second kappa shape index (κ2) is 3.33. The van der Waals surface area contributed by atoms with Crippen LogP contribution in [0, 0.1) is 0 Å². The van der Waals surface area contributed by atoms with Gasteiger partial charge in [-0.2, -0.15) is 0 Å². The van der Waals surface area contributed by atoms with Gasteiger partial charge in [0.25, 0.3) is 0 Å². The van der Waals surface area contributed by atoms with Gasteiger partial charge < -0.3 is 9.30 Å². The van der Waals surface area contributed by atoms with Gasteiger partial charge in [-0.05, 0) is 0 Å². The van der Waals surface area contributed by atoms with E-state index in [0.717, 1.165) is 12.1 Å². The lowest BCUT2D eigenvalue weighted by molar-refractivity contribution is 0.117.